The van der Waals surface area contributed by atoms with Crippen molar-refractivity contribution in [2.45, 2.75) is 44.9 Å². The van der Waals surface area contributed by atoms with Crippen LogP contribution in [0, 0.1) is 6.92 Å². The molecule has 0 saturated carbocycles. The van der Waals surface area contributed by atoms with E-state index in [9.17, 15) is 9.18 Å². The van der Waals surface area contributed by atoms with Gasteiger partial charge in [0, 0.05) is 38.0 Å². The van der Waals surface area contributed by atoms with Crippen LogP contribution in [0.1, 0.15) is 30.1 Å². The van der Waals surface area contributed by atoms with E-state index in [4.69, 9.17) is 8.94 Å². The summed E-state index contributed by atoms with van der Waals surface area (Å²) in [6, 6.07) is 5.47. The molecule has 3 rings (SSSR count). The Hall–Kier alpha value is -2.15. The molecule has 0 aromatic carbocycles. The lowest BCUT2D eigenvalue weighted by Gasteiger charge is -2.22. The van der Waals surface area contributed by atoms with Crippen molar-refractivity contribution in [3.63, 3.8) is 0 Å². The van der Waals surface area contributed by atoms with E-state index in [1.165, 1.54) is 0 Å². The molecule has 0 radical (unpaired) electrons. The summed E-state index contributed by atoms with van der Waals surface area (Å²) < 4.78 is 24.2. The molecule has 1 amide bonds. The molecule has 7 heteroatoms. The lowest BCUT2D eigenvalue weighted by Crippen LogP contribution is -2.39. The van der Waals surface area contributed by atoms with Gasteiger partial charge in [0.05, 0.1) is 18.5 Å². The van der Waals surface area contributed by atoms with Crippen LogP contribution in [0.3, 0.4) is 0 Å². The average Bonchev–Trinajstić information content (AvgIpc) is 3.26. The molecular formula is C17H22FN3O3. The fraction of sp³-hybridized carbons (Fsp3) is 0.529. The summed E-state index contributed by atoms with van der Waals surface area (Å²) in [6.07, 6.45) is 2.07. The minimum absolute atomic E-state index is 0.0297. The van der Waals surface area contributed by atoms with Crippen molar-refractivity contribution in [3.8, 4) is 0 Å². The highest BCUT2D eigenvalue weighted by molar-refractivity contribution is 5.76. The maximum Gasteiger partial charge on any atom is 0.220 e. The summed E-state index contributed by atoms with van der Waals surface area (Å²) in [6.45, 7) is 3.15. The van der Waals surface area contributed by atoms with Gasteiger partial charge in [-0.3, -0.25) is 9.69 Å². The highest BCUT2D eigenvalue weighted by atomic mass is 19.1. The van der Waals surface area contributed by atoms with Gasteiger partial charge in [0.25, 0.3) is 0 Å². The number of carbonyl (C=O) groups is 1. The number of rotatable bonds is 7. The summed E-state index contributed by atoms with van der Waals surface area (Å²) in [7, 11) is 0. The number of carbonyl (C=O) groups excluding carboxylic acids is 1. The number of aryl methyl sites for hydroxylation is 2. The van der Waals surface area contributed by atoms with Crippen molar-refractivity contribution >= 4 is 5.91 Å². The summed E-state index contributed by atoms with van der Waals surface area (Å²) in [5, 5.41) is 6.75. The van der Waals surface area contributed by atoms with E-state index in [0.717, 1.165) is 17.2 Å². The number of likely N-dealkylation sites (tertiary alicyclic amines) is 1. The lowest BCUT2D eigenvalue weighted by atomic mass is 10.2. The molecule has 130 valence electrons. The molecule has 24 heavy (non-hydrogen) atoms. The molecule has 1 aliphatic heterocycles. The van der Waals surface area contributed by atoms with E-state index in [0.29, 0.717) is 38.9 Å². The monoisotopic (exact) mass is 335 g/mol. The van der Waals surface area contributed by atoms with Crippen LogP contribution in [-0.2, 0) is 17.8 Å². The van der Waals surface area contributed by atoms with Gasteiger partial charge in [-0.25, -0.2) is 4.39 Å². The molecule has 1 saturated heterocycles. The van der Waals surface area contributed by atoms with Crippen molar-refractivity contribution in [2.24, 2.45) is 0 Å². The van der Waals surface area contributed by atoms with E-state index in [2.05, 4.69) is 10.5 Å². The predicted molar refractivity (Wildman–Crippen MR) is 85.0 cm³/mol. The highest BCUT2D eigenvalue weighted by Crippen LogP contribution is 2.22. The topological polar surface area (TPSA) is 71.5 Å². The molecule has 0 aliphatic carbocycles. The minimum Gasteiger partial charge on any atom is -0.469 e. The first-order valence-corrected chi connectivity index (χ1v) is 8.19. The number of alkyl halides is 1. The zero-order valence-electron chi connectivity index (χ0n) is 13.7. The van der Waals surface area contributed by atoms with Crippen molar-refractivity contribution in [1.29, 1.82) is 0 Å². The quantitative estimate of drug-likeness (QED) is 0.840. The second-order valence-electron chi connectivity index (χ2n) is 6.23. The van der Waals surface area contributed by atoms with E-state index in [1.54, 1.807) is 12.3 Å². The van der Waals surface area contributed by atoms with Crippen LogP contribution >= 0.6 is 0 Å². The number of furan rings is 1. The van der Waals surface area contributed by atoms with E-state index >= 15 is 0 Å². The Labute approximate surface area is 140 Å². The fourth-order valence-corrected chi connectivity index (χ4v) is 3.03. The van der Waals surface area contributed by atoms with Gasteiger partial charge < -0.3 is 14.3 Å². The van der Waals surface area contributed by atoms with Gasteiger partial charge in [-0.15, -0.1) is 0 Å². The molecule has 2 aromatic heterocycles. The van der Waals surface area contributed by atoms with Gasteiger partial charge in [-0.05, 0) is 25.5 Å². The highest BCUT2D eigenvalue weighted by Gasteiger charge is 2.32. The van der Waals surface area contributed by atoms with Crippen molar-refractivity contribution in [3.05, 3.63) is 41.7 Å². The molecule has 1 aliphatic rings. The number of nitrogens with zero attached hydrogens (tertiary/aromatic N) is 2. The third-order valence-corrected chi connectivity index (χ3v) is 4.23. The van der Waals surface area contributed by atoms with Crippen LogP contribution in [0.4, 0.5) is 4.39 Å². The van der Waals surface area contributed by atoms with Gasteiger partial charge >= 0.3 is 0 Å². The van der Waals surface area contributed by atoms with E-state index in [1.807, 2.05) is 24.0 Å². The molecule has 6 nitrogen and oxygen atoms in total. The van der Waals surface area contributed by atoms with Crippen molar-refractivity contribution in [2.75, 3.05) is 13.1 Å². The van der Waals surface area contributed by atoms with Crippen LogP contribution in [0.2, 0.25) is 0 Å². The van der Waals surface area contributed by atoms with Crippen LogP contribution in [0.15, 0.2) is 33.4 Å². The minimum atomic E-state index is -0.876. The standard InChI is InChI=1S/C17H22FN3O3/c1-12-7-16(24-20-12)11-21-10-13(18)8-14(21)9-19-17(22)5-4-15-3-2-6-23-15/h2-3,6-7,13-14H,4-5,8-11H2,1H3,(H,19,22)/t13-,14-/m0/s1. The Morgan fingerprint density at radius 3 is 3.08 bits per heavy atom. The number of amides is 1. The number of nitrogens with one attached hydrogen (secondary N) is 1. The number of hydrogen-bond acceptors (Lipinski definition) is 5. The van der Waals surface area contributed by atoms with Gasteiger partial charge in [-0.2, -0.15) is 0 Å². The first-order chi connectivity index (χ1) is 11.6. The Kier molecular flexibility index (Phi) is 5.30. The van der Waals surface area contributed by atoms with Gasteiger partial charge in [0.2, 0.25) is 5.91 Å². The van der Waals surface area contributed by atoms with Crippen LogP contribution in [0.5, 0.6) is 0 Å². The SMILES string of the molecule is Cc1cc(CN2C[C@@H](F)C[C@H]2CNC(=O)CCc2ccco2)on1. The Morgan fingerprint density at radius 2 is 2.38 bits per heavy atom. The van der Waals surface area contributed by atoms with Gasteiger partial charge in [-0.1, -0.05) is 5.16 Å². The van der Waals surface area contributed by atoms with Crippen molar-refractivity contribution < 1.29 is 18.1 Å². The smallest absolute Gasteiger partial charge is 0.220 e. The summed E-state index contributed by atoms with van der Waals surface area (Å²) in [5.74, 6) is 1.46. The molecule has 0 unspecified atom stereocenters. The number of halogens is 1. The van der Waals surface area contributed by atoms with E-state index in [-0.39, 0.29) is 11.9 Å². The number of hydrogen-bond donors (Lipinski definition) is 1. The summed E-state index contributed by atoms with van der Waals surface area (Å²) in [5.41, 5.74) is 0.809. The first kappa shape index (κ1) is 16.7. The van der Waals surface area contributed by atoms with Crippen LogP contribution in [-0.4, -0.2) is 41.3 Å². The maximum absolute atomic E-state index is 13.8. The maximum atomic E-state index is 13.8. The fourth-order valence-electron chi connectivity index (χ4n) is 3.03. The Balaban J connectivity index is 1.46. The number of aromatic nitrogens is 1. The summed E-state index contributed by atoms with van der Waals surface area (Å²) in [4.78, 5) is 13.9. The van der Waals surface area contributed by atoms with Gasteiger partial charge in [0.15, 0.2) is 5.76 Å². The second-order valence-corrected chi connectivity index (χ2v) is 6.23. The largest absolute Gasteiger partial charge is 0.469 e. The third-order valence-electron chi connectivity index (χ3n) is 4.23. The Morgan fingerprint density at radius 1 is 1.50 bits per heavy atom. The van der Waals surface area contributed by atoms with E-state index < -0.39 is 6.17 Å². The van der Waals surface area contributed by atoms with Crippen LogP contribution < -0.4 is 5.32 Å². The molecule has 1 N–H and O–H groups in total. The predicted octanol–water partition coefficient (Wildman–Crippen LogP) is 2.24. The molecule has 0 bridgehead atoms. The lowest BCUT2D eigenvalue weighted by molar-refractivity contribution is -0.121. The third kappa shape index (κ3) is 4.44. The molecule has 1 fully saturated rings. The first-order valence-electron chi connectivity index (χ1n) is 8.19. The zero-order valence-corrected chi connectivity index (χ0v) is 13.7. The summed E-state index contributed by atoms with van der Waals surface area (Å²) >= 11 is 0. The van der Waals surface area contributed by atoms with Gasteiger partial charge in [0.1, 0.15) is 11.9 Å². The Bertz CT molecular complexity index is 656. The average molecular weight is 335 g/mol. The normalized spacial score (nSPS) is 21.2. The van der Waals surface area contributed by atoms with Crippen LogP contribution in [0.25, 0.3) is 0 Å². The molecule has 2 atom stereocenters. The second kappa shape index (κ2) is 7.61. The molecular weight excluding hydrogens is 313 g/mol. The molecule has 0 spiro atoms. The molecule has 3 heterocycles. The zero-order chi connectivity index (χ0) is 16.9. The van der Waals surface area contributed by atoms with Crippen molar-refractivity contribution in [1.82, 2.24) is 15.4 Å². The molecule has 2 aromatic rings.